The molecule has 0 radical (unpaired) electrons. The number of carbonyl (C=O) groups is 1. The average Bonchev–Trinajstić information content (AvgIpc) is 2.39. The van der Waals surface area contributed by atoms with Crippen LogP contribution in [0.5, 0.6) is 0 Å². The van der Waals surface area contributed by atoms with Crippen LogP contribution >= 0.6 is 0 Å². The lowest BCUT2D eigenvalue weighted by atomic mass is 10.0. The minimum absolute atomic E-state index is 0.364. The summed E-state index contributed by atoms with van der Waals surface area (Å²) in [6.07, 6.45) is 0.546. The molecule has 0 saturated heterocycles. The van der Waals surface area contributed by atoms with E-state index in [4.69, 9.17) is 9.47 Å². The van der Waals surface area contributed by atoms with Crippen LogP contribution in [0.4, 0.5) is 0 Å². The lowest BCUT2D eigenvalue weighted by molar-refractivity contribution is -0.236. The highest BCUT2D eigenvalue weighted by atomic mass is 16.7. The quantitative estimate of drug-likeness (QED) is 0.439. The van der Waals surface area contributed by atoms with E-state index in [-0.39, 0.29) is 0 Å². The van der Waals surface area contributed by atoms with E-state index >= 15 is 0 Å². The second-order valence-electron chi connectivity index (χ2n) is 4.08. The zero-order valence-corrected chi connectivity index (χ0v) is 11.2. The molecule has 0 heterocycles. The number of rotatable bonds is 6. The van der Waals surface area contributed by atoms with E-state index in [9.17, 15) is 4.79 Å². The summed E-state index contributed by atoms with van der Waals surface area (Å²) in [5.41, 5.74) is 1.20. The highest BCUT2D eigenvalue weighted by Gasteiger charge is 2.35. The molecule has 0 amide bonds. The minimum atomic E-state index is -1.02. The Hall–Kier alpha value is -1.61. The summed E-state index contributed by atoms with van der Waals surface area (Å²) < 4.78 is 11.2. The van der Waals surface area contributed by atoms with Crippen molar-refractivity contribution in [3.05, 3.63) is 48.0 Å². The predicted octanol–water partition coefficient (Wildman–Crippen LogP) is 3.41. The van der Waals surface area contributed by atoms with Crippen molar-refractivity contribution >= 4 is 5.97 Å². The number of hydrogen-bond acceptors (Lipinski definition) is 3. The van der Waals surface area contributed by atoms with E-state index in [1.54, 1.807) is 6.92 Å². The molecule has 0 saturated carbocycles. The molecule has 18 heavy (non-hydrogen) atoms. The molecule has 0 spiro atoms. The first-order chi connectivity index (χ1) is 8.55. The SMILES string of the molecule is C=C(C)C(=O)OC(CC)(OCC)c1ccccc1. The van der Waals surface area contributed by atoms with Gasteiger partial charge in [-0.15, -0.1) is 0 Å². The molecule has 0 aliphatic heterocycles. The van der Waals surface area contributed by atoms with Gasteiger partial charge in [-0.2, -0.15) is 0 Å². The van der Waals surface area contributed by atoms with Crippen molar-refractivity contribution in [2.24, 2.45) is 0 Å². The van der Waals surface area contributed by atoms with E-state index in [2.05, 4.69) is 6.58 Å². The van der Waals surface area contributed by atoms with Gasteiger partial charge in [-0.05, 0) is 13.8 Å². The fourth-order valence-electron chi connectivity index (χ4n) is 1.71. The van der Waals surface area contributed by atoms with Crippen LogP contribution < -0.4 is 0 Å². The third-order valence-electron chi connectivity index (χ3n) is 2.66. The summed E-state index contributed by atoms with van der Waals surface area (Å²) in [6.45, 7) is 9.49. The van der Waals surface area contributed by atoms with Crippen LogP contribution in [-0.2, 0) is 20.1 Å². The number of hydrogen-bond donors (Lipinski definition) is 0. The lowest BCUT2D eigenvalue weighted by Gasteiger charge is -2.32. The third kappa shape index (κ3) is 3.20. The van der Waals surface area contributed by atoms with E-state index in [1.807, 2.05) is 44.2 Å². The smallest absolute Gasteiger partial charge is 0.335 e. The fraction of sp³-hybridized carbons (Fsp3) is 0.400. The van der Waals surface area contributed by atoms with Crippen LogP contribution in [0.15, 0.2) is 42.5 Å². The van der Waals surface area contributed by atoms with E-state index < -0.39 is 11.8 Å². The van der Waals surface area contributed by atoms with Crippen LogP contribution in [0, 0.1) is 0 Å². The van der Waals surface area contributed by atoms with Crippen molar-refractivity contribution < 1.29 is 14.3 Å². The Balaban J connectivity index is 3.09. The van der Waals surface area contributed by atoms with Gasteiger partial charge >= 0.3 is 5.97 Å². The lowest BCUT2D eigenvalue weighted by Crippen LogP contribution is -2.35. The van der Waals surface area contributed by atoms with E-state index in [0.717, 1.165) is 5.56 Å². The number of benzene rings is 1. The van der Waals surface area contributed by atoms with Gasteiger partial charge in [0.1, 0.15) is 0 Å². The normalized spacial score (nSPS) is 13.7. The van der Waals surface area contributed by atoms with Crippen molar-refractivity contribution in [1.82, 2.24) is 0 Å². The summed E-state index contributed by atoms with van der Waals surface area (Å²) in [5.74, 6) is -1.46. The first kappa shape index (κ1) is 14.5. The van der Waals surface area contributed by atoms with Crippen LogP contribution in [0.2, 0.25) is 0 Å². The zero-order chi connectivity index (χ0) is 13.6. The molecule has 3 nitrogen and oxygen atoms in total. The second kappa shape index (κ2) is 6.36. The molecule has 1 atom stereocenters. The zero-order valence-electron chi connectivity index (χ0n) is 11.2. The first-order valence-corrected chi connectivity index (χ1v) is 6.14. The Labute approximate surface area is 108 Å². The van der Waals surface area contributed by atoms with Gasteiger partial charge in [-0.1, -0.05) is 43.8 Å². The molecule has 0 bridgehead atoms. The van der Waals surface area contributed by atoms with Gasteiger partial charge in [-0.25, -0.2) is 4.79 Å². The highest BCUT2D eigenvalue weighted by molar-refractivity contribution is 5.87. The maximum atomic E-state index is 11.8. The Bertz CT molecular complexity index is 411. The van der Waals surface area contributed by atoms with Crippen LogP contribution in [0.1, 0.15) is 32.8 Å². The van der Waals surface area contributed by atoms with Gasteiger partial charge < -0.3 is 9.47 Å². The molecule has 1 rings (SSSR count). The van der Waals surface area contributed by atoms with E-state index in [1.165, 1.54) is 0 Å². The standard InChI is InChI=1S/C15H20O3/c1-5-15(17-6-2,18-14(16)12(3)4)13-10-8-7-9-11-13/h7-11H,3,5-6H2,1-2,4H3. The predicted molar refractivity (Wildman–Crippen MR) is 70.9 cm³/mol. The Morgan fingerprint density at radius 1 is 1.28 bits per heavy atom. The Morgan fingerprint density at radius 2 is 1.89 bits per heavy atom. The van der Waals surface area contributed by atoms with Crippen molar-refractivity contribution in [3.63, 3.8) is 0 Å². The van der Waals surface area contributed by atoms with E-state index in [0.29, 0.717) is 18.6 Å². The maximum Gasteiger partial charge on any atom is 0.335 e. The molecular formula is C15H20O3. The minimum Gasteiger partial charge on any atom is -0.425 e. The summed E-state index contributed by atoms with van der Waals surface area (Å²) >= 11 is 0. The monoisotopic (exact) mass is 248 g/mol. The maximum absolute atomic E-state index is 11.8. The average molecular weight is 248 g/mol. The fourth-order valence-corrected chi connectivity index (χ4v) is 1.71. The molecule has 1 aromatic rings. The summed E-state index contributed by atoms with van der Waals surface area (Å²) in [6, 6.07) is 9.49. The molecule has 0 aliphatic rings. The van der Waals surface area contributed by atoms with Crippen molar-refractivity contribution in [1.29, 1.82) is 0 Å². The number of esters is 1. The van der Waals surface area contributed by atoms with Gasteiger partial charge in [0.2, 0.25) is 5.79 Å². The third-order valence-corrected chi connectivity index (χ3v) is 2.66. The van der Waals surface area contributed by atoms with Crippen molar-refractivity contribution in [3.8, 4) is 0 Å². The van der Waals surface area contributed by atoms with Crippen LogP contribution in [0.25, 0.3) is 0 Å². The molecule has 0 aromatic heterocycles. The van der Waals surface area contributed by atoms with Gasteiger partial charge in [0, 0.05) is 24.2 Å². The van der Waals surface area contributed by atoms with Gasteiger partial charge in [0.15, 0.2) is 0 Å². The summed E-state index contributed by atoms with van der Waals surface area (Å²) in [7, 11) is 0. The number of ether oxygens (including phenoxy) is 2. The topological polar surface area (TPSA) is 35.5 Å². The molecule has 0 N–H and O–H groups in total. The molecule has 1 unspecified atom stereocenters. The Kier molecular flexibility index (Phi) is 5.10. The molecule has 1 aromatic carbocycles. The molecule has 0 aliphatic carbocycles. The van der Waals surface area contributed by atoms with Gasteiger partial charge in [0.25, 0.3) is 0 Å². The Morgan fingerprint density at radius 3 is 2.33 bits per heavy atom. The molecule has 0 fully saturated rings. The van der Waals surface area contributed by atoms with Crippen molar-refractivity contribution in [2.45, 2.75) is 33.0 Å². The highest BCUT2D eigenvalue weighted by Crippen LogP contribution is 2.31. The molecule has 3 heteroatoms. The van der Waals surface area contributed by atoms with Crippen LogP contribution in [0.3, 0.4) is 0 Å². The molecule has 98 valence electrons. The van der Waals surface area contributed by atoms with Crippen LogP contribution in [-0.4, -0.2) is 12.6 Å². The molecular weight excluding hydrogens is 228 g/mol. The largest absolute Gasteiger partial charge is 0.425 e. The second-order valence-corrected chi connectivity index (χ2v) is 4.08. The van der Waals surface area contributed by atoms with Crippen molar-refractivity contribution in [2.75, 3.05) is 6.61 Å². The number of carbonyl (C=O) groups excluding carboxylic acids is 1. The van der Waals surface area contributed by atoms with Gasteiger partial charge in [0.05, 0.1) is 0 Å². The first-order valence-electron chi connectivity index (χ1n) is 6.14. The summed E-state index contributed by atoms with van der Waals surface area (Å²) in [4.78, 5) is 11.8. The summed E-state index contributed by atoms with van der Waals surface area (Å²) in [5, 5.41) is 0. The van der Waals surface area contributed by atoms with Gasteiger partial charge in [-0.3, -0.25) is 0 Å².